The minimum atomic E-state index is -1.36. The Balaban J connectivity index is 2.05. The Morgan fingerprint density at radius 3 is 2.32 bits per heavy atom. The van der Waals surface area contributed by atoms with Crippen molar-refractivity contribution >= 4 is 0 Å². The molecule has 1 heterocycles. The van der Waals surface area contributed by atoms with Crippen molar-refractivity contribution in [3.05, 3.63) is 0 Å². The first-order valence-corrected chi connectivity index (χ1v) is 9.56. The van der Waals surface area contributed by atoms with Crippen molar-refractivity contribution in [2.45, 2.75) is 67.5 Å². The maximum Gasteiger partial charge on any atom is 0.176 e. The fourth-order valence-corrected chi connectivity index (χ4v) is 3.52. The van der Waals surface area contributed by atoms with Gasteiger partial charge in [-0.15, -0.1) is 0 Å². The molecule has 0 bridgehead atoms. The van der Waals surface area contributed by atoms with Crippen LogP contribution >= 0.6 is 0 Å². The highest BCUT2D eigenvalue weighted by Gasteiger charge is 2.48. The normalized spacial score (nSPS) is 44.6. The van der Waals surface area contributed by atoms with Crippen LogP contribution in [0.15, 0.2) is 0 Å². The second-order valence-electron chi connectivity index (χ2n) is 7.31. The third-order valence-corrected chi connectivity index (χ3v) is 5.20. The molecule has 1 saturated carbocycles. The molecule has 12 nitrogen and oxygen atoms in total. The van der Waals surface area contributed by atoms with Gasteiger partial charge in [0.1, 0.15) is 30.5 Å². The summed E-state index contributed by atoms with van der Waals surface area (Å²) in [5, 5.41) is 42.9. The minimum Gasteiger partial charge on any atom is -0.394 e. The molecule has 13 N–H and O–H groups in total. The minimum absolute atomic E-state index is 0.263. The van der Waals surface area contributed by atoms with Crippen LogP contribution in [0.1, 0.15) is 6.42 Å². The van der Waals surface area contributed by atoms with Crippen molar-refractivity contribution in [3.8, 4) is 0 Å². The average molecular weight is 409 g/mol. The van der Waals surface area contributed by atoms with Gasteiger partial charge in [0, 0.05) is 31.7 Å². The van der Waals surface area contributed by atoms with Crippen LogP contribution in [0.4, 0.5) is 0 Å². The monoisotopic (exact) mass is 409 g/mol. The van der Waals surface area contributed by atoms with Gasteiger partial charge < -0.3 is 62.9 Å². The highest BCUT2D eigenvalue weighted by atomic mass is 16.7. The predicted molar refractivity (Wildman–Crippen MR) is 98.8 cm³/mol. The van der Waals surface area contributed by atoms with E-state index in [1.54, 1.807) is 0 Å². The van der Waals surface area contributed by atoms with Gasteiger partial charge in [0.25, 0.3) is 0 Å². The number of hydrogen-bond acceptors (Lipinski definition) is 12. The first-order chi connectivity index (χ1) is 13.3. The van der Waals surface area contributed by atoms with E-state index in [4.69, 9.17) is 37.1 Å². The Labute approximate surface area is 164 Å². The highest BCUT2D eigenvalue weighted by Crippen LogP contribution is 2.28. The number of nitrogens with two attached hydrogens (primary N) is 4. The molecule has 0 spiro atoms. The van der Waals surface area contributed by atoms with Crippen molar-refractivity contribution in [2.24, 2.45) is 22.9 Å². The molecule has 1 aliphatic heterocycles. The zero-order chi connectivity index (χ0) is 20.8. The lowest BCUT2D eigenvalue weighted by Crippen LogP contribution is -2.67. The summed E-state index contributed by atoms with van der Waals surface area (Å²) in [5.41, 5.74) is 23.5. The van der Waals surface area contributed by atoms with E-state index >= 15 is 0 Å². The third-order valence-electron chi connectivity index (χ3n) is 5.20. The molecule has 166 valence electrons. The number of hydrogen-bond donors (Lipinski definition) is 9. The van der Waals surface area contributed by atoms with Crippen molar-refractivity contribution in [1.29, 1.82) is 0 Å². The second kappa shape index (κ2) is 11.1. The van der Waals surface area contributed by atoms with Crippen LogP contribution in [0.5, 0.6) is 0 Å². The molecular formula is C16H35N5O7. The molecule has 2 aliphatic rings. The van der Waals surface area contributed by atoms with E-state index in [0.29, 0.717) is 19.6 Å². The summed E-state index contributed by atoms with van der Waals surface area (Å²) < 4.78 is 17.2. The fraction of sp³-hybridized carbons (Fsp3) is 1.00. The standard InChI is InChI=1S/C16H35N5O7/c17-1-2-21-3-4-26-15-11(23)7(18)5-8(19)14(15)28-16-10(20)13(25)12(24)9(6-22)27-16/h7-16,21-25H,1-6,17-20H2/t7-,8+,9-,10-,11+,12-,13-,14-,15-,16-/m1/s1. The molecule has 0 aromatic rings. The fourth-order valence-electron chi connectivity index (χ4n) is 3.52. The van der Waals surface area contributed by atoms with Gasteiger partial charge >= 0.3 is 0 Å². The summed E-state index contributed by atoms with van der Waals surface area (Å²) >= 11 is 0. The molecule has 10 atom stereocenters. The molecule has 0 aromatic heterocycles. The van der Waals surface area contributed by atoms with Gasteiger partial charge in [-0.05, 0) is 6.42 Å². The van der Waals surface area contributed by atoms with Crippen LogP contribution in [-0.4, -0.2) is 114 Å². The molecule has 2 fully saturated rings. The SMILES string of the molecule is NCCNCCO[C@@H]1[C@@H](O)[C@H](N)C[C@H](N)[C@H]1O[C@H]1O[C@H](CO)[C@@H](O)[C@H](O)[C@H]1N. The maximum absolute atomic E-state index is 10.5. The summed E-state index contributed by atoms with van der Waals surface area (Å²) in [7, 11) is 0. The van der Waals surface area contributed by atoms with Crippen LogP contribution in [0.3, 0.4) is 0 Å². The Kier molecular flexibility index (Phi) is 9.40. The van der Waals surface area contributed by atoms with Gasteiger partial charge in [0.2, 0.25) is 0 Å². The van der Waals surface area contributed by atoms with E-state index in [0.717, 1.165) is 0 Å². The molecular weight excluding hydrogens is 374 g/mol. The third kappa shape index (κ3) is 5.56. The van der Waals surface area contributed by atoms with E-state index in [9.17, 15) is 20.4 Å². The molecule has 1 aliphatic carbocycles. The first-order valence-electron chi connectivity index (χ1n) is 9.56. The molecule has 0 aromatic carbocycles. The van der Waals surface area contributed by atoms with Crippen LogP contribution in [0.2, 0.25) is 0 Å². The van der Waals surface area contributed by atoms with Crippen LogP contribution in [0.25, 0.3) is 0 Å². The van der Waals surface area contributed by atoms with Crippen molar-refractivity contribution < 1.29 is 34.6 Å². The lowest BCUT2D eigenvalue weighted by Gasteiger charge is -2.46. The Morgan fingerprint density at radius 2 is 1.68 bits per heavy atom. The summed E-state index contributed by atoms with van der Waals surface area (Å²) in [5.74, 6) is 0. The van der Waals surface area contributed by atoms with Gasteiger partial charge in [0.05, 0.1) is 25.4 Å². The van der Waals surface area contributed by atoms with Crippen molar-refractivity contribution in [1.82, 2.24) is 5.32 Å². The summed E-state index contributed by atoms with van der Waals surface area (Å²) in [6, 6.07) is -2.24. The van der Waals surface area contributed by atoms with E-state index in [2.05, 4.69) is 5.32 Å². The van der Waals surface area contributed by atoms with Gasteiger partial charge in [-0.3, -0.25) is 0 Å². The smallest absolute Gasteiger partial charge is 0.176 e. The van der Waals surface area contributed by atoms with E-state index in [1.807, 2.05) is 0 Å². The summed E-state index contributed by atoms with van der Waals surface area (Å²) in [4.78, 5) is 0. The summed E-state index contributed by atoms with van der Waals surface area (Å²) in [6.07, 6.45) is -7.33. The topological polar surface area (TPSA) is 225 Å². The summed E-state index contributed by atoms with van der Waals surface area (Å²) in [6.45, 7) is 1.36. The highest BCUT2D eigenvalue weighted by molar-refractivity contribution is 5.00. The molecule has 28 heavy (non-hydrogen) atoms. The number of aliphatic hydroxyl groups excluding tert-OH is 4. The van der Waals surface area contributed by atoms with E-state index < -0.39 is 67.6 Å². The molecule has 1 saturated heterocycles. The van der Waals surface area contributed by atoms with Gasteiger partial charge in [0.15, 0.2) is 6.29 Å². The quantitative estimate of drug-likeness (QED) is 0.163. The zero-order valence-electron chi connectivity index (χ0n) is 15.8. The van der Waals surface area contributed by atoms with Crippen LogP contribution in [0, 0.1) is 0 Å². The number of ether oxygens (including phenoxy) is 3. The van der Waals surface area contributed by atoms with Gasteiger partial charge in [-0.25, -0.2) is 0 Å². The average Bonchev–Trinajstić information content (AvgIpc) is 2.67. The zero-order valence-corrected chi connectivity index (χ0v) is 15.8. The Hall–Kier alpha value is -0.480. The number of nitrogens with one attached hydrogen (secondary N) is 1. The predicted octanol–water partition coefficient (Wildman–Crippen LogP) is -5.51. The Bertz CT molecular complexity index is 463. The van der Waals surface area contributed by atoms with Crippen molar-refractivity contribution in [3.63, 3.8) is 0 Å². The molecule has 0 amide bonds. The number of aliphatic hydroxyl groups is 4. The van der Waals surface area contributed by atoms with Gasteiger partial charge in [-0.2, -0.15) is 0 Å². The lowest BCUT2D eigenvalue weighted by molar-refractivity contribution is -0.296. The lowest BCUT2D eigenvalue weighted by atomic mass is 9.84. The molecule has 2 rings (SSSR count). The second-order valence-corrected chi connectivity index (χ2v) is 7.31. The maximum atomic E-state index is 10.5. The van der Waals surface area contributed by atoms with Crippen molar-refractivity contribution in [2.75, 3.05) is 32.8 Å². The molecule has 0 unspecified atom stereocenters. The van der Waals surface area contributed by atoms with E-state index in [-0.39, 0.29) is 13.0 Å². The van der Waals surface area contributed by atoms with Gasteiger partial charge in [-0.1, -0.05) is 0 Å². The largest absolute Gasteiger partial charge is 0.394 e. The Morgan fingerprint density at radius 1 is 0.964 bits per heavy atom. The molecule has 12 heteroatoms. The number of rotatable bonds is 9. The van der Waals surface area contributed by atoms with Crippen LogP contribution < -0.4 is 28.3 Å². The van der Waals surface area contributed by atoms with Crippen LogP contribution in [-0.2, 0) is 14.2 Å². The first kappa shape index (κ1) is 23.8. The molecule has 0 radical (unpaired) electrons. The van der Waals surface area contributed by atoms with E-state index in [1.165, 1.54) is 0 Å².